The van der Waals surface area contributed by atoms with Crippen LogP contribution in [0.4, 0.5) is 0 Å². The largest absolute Gasteiger partial charge is 0.497 e. The Morgan fingerprint density at radius 2 is 2.00 bits per heavy atom. The van der Waals surface area contributed by atoms with Gasteiger partial charge in [0, 0.05) is 5.57 Å². The molecule has 5 nitrogen and oxygen atoms in total. The van der Waals surface area contributed by atoms with Gasteiger partial charge in [0.2, 0.25) is 0 Å². The number of ketones is 1. The highest BCUT2D eigenvalue weighted by Crippen LogP contribution is 2.38. The summed E-state index contributed by atoms with van der Waals surface area (Å²) in [5, 5.41) is 9.55. The van der Waals surface area contributed by atoms with Crippen LogP contribution in [0, 0.1) is 5.41 Å². The zero-order valence-corrected chi connectivity index (χ0v) is 13.7. The lowest BCUT2D eigenvalue weighted by molar-refractivity contribution is -0.172. The maximum absolute atomic E-state index is 12.4. The molecule has 1 aliphatic rings. The fraction of sp³-hybridized carbons (Fsp3) is 0.444. The van der Waals surface area contributed by atoms with Gasteiger partial charge >= 0.3 is 5.97 Å². The van der Waals surface area contributed by atoms with E-state index >= 15 is 0 Å². The summed E-state index contributed by atoms with van der Waals surface area (Å²) in [6, 6.07) is 7.54. The van der Waals surface area contributed by atoms with Gasteiger partial charge in [0.15, 0.2) is 11.2 Å². The highest BCUT2D eigenvalue weighted by atomic mass is 16.5. The quantitative estimate of drug-likeness (QED) is 0.667. The molecule has 0 spiro atoms. The normalized spacial score (nSPS) is 27.8. The van der Waals surface area contributed by atoms with Crippen LogP contribution >= 0.6 is 0 Å². The smallest absolute Gasteiger partial charge is 0.319 e. The molecule has 1 aliphatic heterocycles. The molecule has 2 rings (SSSR count). The van der Waals surface area contributed by atoms with E-state index in [1.807, 2.05) is 24.3 Å². The molecule has 0 aromatic heterocycles. The first-order chi connectivity index (χ1) is 10.8. The van der Waals surface area contributed by atoms with Crippen molar-refractivity contribution in [1.82, 2.24) is 0 Å². The first-order valence-electron chi connectivity index (χ1n) is 7.56. The van der Waals surface area contributed by atoms with E-state index in [0.29, 0.717) is 12.8 Å². The van der Waals surface area contributed by atoms with Crippen LogP contribution in [0.3, 0.4) is 0 Å². The number of aryl methyl sites for hydroxylation is 1. The lowest BCUT2D eigenvalue weighted by Crippen LogP contribution is -2.54. The SMILES string of the molecule is C=C1C(=O)[C@](C)(C(=O)O)[C@H](CCc2ccc(OC)cc2)O[C@@H]1C. The summed E-state index contributed by atoms with van der Waals surface area (Å²) in [5.74, 6) is -0.850. The molecule has 124 valence electrons. The molecule has 23 heavy (non-hydrogen) atoms. The summed E-state index contributed by atoms with van der Waals surface area (Å²) in [6.07, 6.45) is -0.0893. The fourth-order valence-corrected chi connectivity index (χ4v) is 2.81. The summed E-state index contributed by atoms with van der Waals surface area (Å²) in [7, 11) is 1.60. The Morgan fingerprint density at radius 3 is 2.52 bits per heavy atom. The van der Waals surface area contributed by atoms with Crippen molar-refractivity contribution in [2.45, 2.75) is 38.9 Å². The second kappa shape index (κ2) is 6.54. The Balaban J connectivity index is 2.16. The number of carboxylic acid groups (broad SMARTS) is 1. The van der Waals surface area contributed by atoms with Gasteiger partial charge in [-0.05, 0) is 44.4 Å². The predicted octanol–water partition coefficient (Wildman–Crippen LogP) is 2.63. The molecule has 1 fully saturated rings. The van der Waals surface area contributed by atoms with Crippen LogP contribution in [0.2, 0.25) is 0 Å². The summed E-state index contributed by atoms with van der Waals surface area (Å²) < 4.78 is 10.9. The molecule has 0 aliphatic carbocycles. The molecule has 0 unspecified atom stereocenters. The number of carboxylic acids is 1. The molecule has 0 radical (unpaired) electrons. The molecular formula is C18H22O5. The van der Waals surface area contributed by atoms with Gasteiger partial charge < -0.3 is 14.6 Å². The topological polar surface area (TPSA) is 72.8 Å². The lowest BCUT2D eigenvalue weighted by atomic mass is 9.72. The predicted molar refractivity (Wildman–Crippen MR) is 85.5 cm³/mol. The monoisotopic (exact) mass is 318 g/mol. The van der Waals surface area contributed by atoms with E-state index < -0.39 is 29.4 Å². The van der Waals surface area contributed by atoms with E-state index in [2.05, 4.69) is 6.58 Å². The number of Topliss-reactive ketones (excluding diaryl/α,β-unsaturated/α-hetero) is 1. The van der Waals surface area contributed by atoms with Crippen molar-refractivity contribution in [2.75, 3.05) is 7.11 Å². The number of hydrogen-bond acceptors (Lipinski definition) is 4. The van der Waals surface area contributed by atoms with Gasteiger partial charge in [-0.1, -0.05) is 18.7 Å². The van der Waals surface area contributed by atoms with Gasteiger partial charge in [-0.2, -0.15) is 0 Å². The Labute approximate surface area is 135 Å². The van der Waals surface area contributed by atoms with Crippen molar-refractivity contribution in [2.24, 2.45) is 5.41 Å². The van der Waals surface area contributed by atoms with Gasteiger partial charge in [-0.3, -0.25) is 9.59 Å². The zero-order valence-electron chi connectivity index (χ0n) is 13.7. The Morgan fingerprint density at radius 1 is 1.39 bits per heavy atom. The summed E-state index contributed by atoms with van der Waals surface area (Å²) in [6.45, 7) is 6.82. The van der Waals surface area contributed by atoms with E-state index in [9.17, 15) is 14.7 Å². The van der Waals surface area contributed by atoms with Crippen LogP contribution in [-0.4, -0.2) is 36.2 Å². The average Bonchev–Trinajstić information content (AvgIpc) is 2.55. The molecule has 1 aromatic rings. The third kappa shape index (κ3) is 3.15. The summed E-state index contributed by atoms with van der Waals surface area (Å²) in [5.41, 5.74) is -0.335. The van der Waals surface area contributed by atoms with E-state index in [4.69, 9.17) is 9.47 Å². The van der Waals surface area contributed by atoms with Crippen molar-refractivity contribution >= 4 is 11.8 Å². The zero-order chi connectivity index (χ0) is 17.2. The molecule has 1 aromatic carbocycles. The van der Waals surface area contributed by atoms with Crippen LogP contribution in [0.15, 0.2) is 36.4 Å². The van der Waals surface area contributed by atoms with E-state index in [-0.39, 0.29) is 5.57 Å². The minimum absolute atomic E-state index is 0.218. The highest BCUT2D eigenvalue weighted by molar-refractivity contribution is 6.12. The van der Waals surface area contributed by atoms with Crippen molar-refractivity contribution < 1.29 is 24.2 Å². The van der Waals surface area contributed by atoms with Gasteiger partial charge in [-0.15, -0.1) is 0 Å². The number of ether oxygens (including phenoxy) is 2. The molecule has 0 amide bonds. The van der Waals surface area contributed by atoms with Crippen LogP contribution in [0.5, 0.6) is 5.75 Å². The minimum atomic E-state index is -1.59. The van der Waals surface area contributed by atoms with E-state index in [1.54, 1.807) is 14.0 Å². The van der Waals surface area contributed by atoms with Crippen LogP contribution in [0.1, 0.15) is 25.8 Å². The van der Waals surface area contributed by atoms with Gasteiger partial charge in [0.1, 0.15) is 5.75 Å². The molecular weight excluding hydrogens is 296 g/mol. The maximum Gasteiger partial charge on any atom is 0.319 e. The first kappa shape index (κ1) is 17.2. The van der Waals surface area contributed by atoms with Gasteiger partial charge in [0.25, 0.3) is 0 Å². The summed E-state index contributed by atoms with van der Waals surface area (Å²) >= 11 is 0. The third-order valence-corrected chi connectivity index (χ3v) is 4.56. The lowest BCUT2D eigenvalue weighted by Gasteiger charge is -2.40. The van der Waals surface area contributed by atoms with Crippen LogP contribution in [0.25, 0.3) is 0 Å². The molecule has 1 N–H and O–H groups in total. The molecule has 0 saturated carbocycles. The molecule has 3 atom stereocenters. The maximum atomic E-state index is 12.4. The third-order valence-electron chi connectivity index (χ3n) is 4.56. The van der Waals surface area contributed by atoms with Crippen LogP contribution < -0.4 is 4.74 Å². The number of rotatable bonds is 5. The van der Waals surface area contributed by atoms with Crippen molar-refractivity contribution in [3.63, 3.8) is 0 Å². The average molecular weight is 318 g/mol. The van der Waals surface area contributed by atoms with Gasteiger partial charge in [-0.25, -0.2) is 0 Å². The Kier molecular flexibility index (Phi) is 4.90. The highest BCUT2D eigenvalue weighted by Gasteiger charge is 2.53. The Hall–Kier alpha value is -2.14. The van der Waals surface area contributed by atoms with Crippen molar-refractivity contribution in [3.05, 3.63) is 42.0 Å². The second-order valence-corrected chi connectivity index (χ2v) is 6.02. The number of hydrogen-bond donors (Lipinski definition) is 1. The second-order valence-electron chi connectivity index (χ2n) is 6.02. The number of aliphatic carboxylic acids is 1. The summed E-state index contributed by atoms with van der Waals surface area (Å²) in [4.78, 5) is 24.1. The van der Waals surface area contributed by atoms with Crippen LogP contribution in [-0.2, 0) is 20.7 Å². The molecule has 1 heterocycles. The number of carbonyl (C=O) groups excluding carboxylic acids is 1. The first-order valence-corrected chi connectivity index (χ1v) is 7.56. The molecule has 5 heteroatoms. The molecule has 0 bridgehead atoms. The standard InChI is InChI=1S/C18H22O5/c1-11-12(2)23-15(18(3,16(11)19)17(20)21)10-7-13-5-8-14(22-4)9-6-13/h5-6,8-9,12,15H,1,7,10H2,2-4H3,(H,20,21)/t12-,15+,18-/m1/s1. The fourth-order valence-electron chi connectivity index (χ4n) is 2.81. The van der Waals surface area contributed by atoms with Gasteiger partial charge in [0.05, 0.1) is 19.3 Å². The van der Waals surface area contributed by atoms with E-state index in [1.165, 1.54) is 6.92 Å². The van der Waals surface area contributed by atoms with Crippen molar-refractivity contribution in [3.8, 4) is 5.75 Å². The van der Waals surface area contributed by atoms with E-state index in [0.717, 1.165) is 11.3 Å². The number of benzene rings is 1. The number of methoxy groups -OCH3 is 1. The Bertz CT molecular complexity index is 619. The number of carbonyl (C=O) groups is 2. The van der Waals surface area contributed by atoms with Crippen molar-refractivity contribution in [1.29, 1.82) is 0 Å². The molecule has 1 saturated heterocycles. The minimum Gasteiger partial charge on any atom is -0.497 e.